The highest BCUT2D eigenvalue weighted by Gasteiger charge is 2.08. The second-order valence-corrected chi connectivity index (χ2v) is 6.91. The van der Waals surface area contributed by atoms with E-state index < -0.39 is 0 Å². The molecule has 0 radical (unpaired) electrons. The summed E-state index contributed by atoms with van der Waals surface area (Å²) in [5, 5.41) is 6.24. The zero-order chi connectivity index (χ0) is 17.7. The molecular formula is C23H35NO. The van der Waals surface area contributed by atoms with Gasteiger partial charge in [-0.2, -0.15) is 0 Å². The van der Waals surface area contributed by atoms with Gasteiger partial charge in [0.1, 0.15) is 5.75 Å². The van der Waals surface area contributed by atoms with Gasteiger partial charge in [-0.15, -0.1) is 0 Å². The lowest BCUT2D eigenvalue weighted by Gasteiger charge is -2.15. The molecule has 1 N–H and O–H groups in total. The molecule has 2 heteroatoms. The molecule has 0 heterocycles. The fraction of sp³-hybridized carbons (Fsp3) is 0.565. The predicted octanol–water partition coefficient (Wildman–Crippen LogP) is 6.47. The summed E-state index contributed by atoms with van der Waals surface area (Å²) in [7, 11) is 0. The van der Waals surface area contributed by atoms with Crippen molar-refractivity contribution in [3.05, 3.63) is 42.0 Å². The Morgan fingerprint density at radius 3 is 2.40 bits per heavy atom. The molecule has 0 aliphatic heterocycles. The maximum Gasteiger partial charge on any atom is 0.124 e. The van der Waals surface area contributed by atoms with Crippen LogP contribution in [0.5, 0.6) is 5.75 Å². The standard InChI is InChI=1S/C23H35NO/c1-3-5-7-8-9-12-17-24-19-22-21-14-11-10-13-20(21)15-16-23(22)25-18-6-4-2/h10-11,13-16,24H,3-9,12,17-19H2,1-2H3. The third-order valence-electron chi connectivity index (χ3n) is 4.76. The highest BCUT2D eigenvalue weighted by molar-refractivity contribution is 5.87. The van der Waals surface area contributed by atoms with Gasteiger partial charge < -0.3 is 10.1 Å². The summed E-state index contributed by atoms with van der Waals surface area (Å²) in [6.07, 6.45) is 10.3. The molecule has 0 saturated heterocycles. The minimum atomic E-state index is 0.805. The minimum Gasteiger partial charge on any atom is -0.493 e. The van der Waals surface area contributed by atoms with E-state index in [1.807, 2.05) is 0 Å². The van der Waals surface area contributed by atoms with Gasteiger partial charge in [-0.05, 0) is 36.2 Å². The third-order valence-corrected chi connectivity index (χ3v) is 4.76. The number of nitrogens with one attached hydrogen (secondary N) is 1. The van der Waals surface area contributed by atoms with E-state index in [1.165, 1.54) is 61.3 Å². The second-order valence-electron chi connectivity index (χ2n) is 6.91. The zero-order valence-electron chi connectivity index (χ0n) is 16.2. The molecule has 0 aliphatic rings. The van der Waals surface area contributed by atoms with Gasteiger partial charge in [-0.1, -0.05) is 82.7 Å². The number of hydrogen-bond donors (Lipinski definition) is 1. The molecular weight excluding hydrogens is 306 g/mol. The Morgan fingerprint density at radius 1 is 0.800 bits per heavy atom. The first-order valence-electron chi connectivity index (χ1n) is 10.2. The largest absolute Gasteiger partial charge is 0.493 e. The van der Waals surface area contributed by atoms with Gasteiger partial charge in [0.2, 0.25) is 0 Å². The van der Waals surface area contributed by atoms with Crippen molar-refractivity contribution >= 4 is 10.8 Å². The van der Waals surface area contributed by atoms with E-state index in [-0.39, 0.29) is 0 Å². The van der Waals surface area contributed by atoms with Crippen LogP contribution in [0.25, 0.3) is 10.8 Å². The van der Waals surface area contributed by atoms with E-state index in [0.717, 1.165) is 31.9 Å². The van der Waals surface area contributed by atoms with Crippen LogP contribution in [0.15, 0.2) is 36.4 Å². The maximum atomic E-state index is 6.07. The van der Waals surface area contributed by atoms with Crippen LogP contribution in [0.4, 0.5) is 0 Å². The molecule has 0 amide bonds. The van der Waals surface area contributed by atoms with Gasteiger partial charge in [0.15, 0.2) is 0 Å². The maximum absolute atomic E-state index is 6.07. The summed E-state index contributed by atoms with van der Waals surface area (Å²) >= 11 is 0. The average Bonchev–Trinajstić information content (AvgIpc) is 2.65. The molecule has 0 bridgehead atoms. The number of hydrogen-bond acceptors (Lipinski definition) is 2. The van der Waals surface area contributed by atoms with E-state index in [0.29, 0.717) is 0 Å². The minimum absolute atomic E-state index is 0.805. The Labute approximate surface area is 154 Å². The zero-order valence-corrected chi connectivity index (χ0v) is 16.2. The third kappa shape index (κ3) is 6.70. The van der Waals surface area contributed by atoms with E-state index >= 15 is 0 Å². The Hall–Kier alpha value is -1.54. The molecule has 25 heavy (non-hydrogen) atoms. The summed E-state index contributed by atoms with van der Waals surface area (Å²) < 4.78 is 6.07. The van der Waals surface area contributed by atoms with Crippen LogP contribution in [0, 0.1) is 0 Å². The second kappa shape index (κ2) is 11.9. The summed E-state index contributed by atoms with van der Waals surface area (Å²) in [4.78, 5) is 0. The van der Waals surface area contributed by atoms with Crippen LogP contribution in [-0.2, 0) is 6.54 Å². The smallest absolute Gasteiger partial charge is 0.124 e. The lowest BCUT2D eigenvalue weighted by atomic mass is 10.0. The number of unbranched alkanes of at least 4 members (excludes halogenated alkanes) is 6. The normalized spacial score (nSPS) is 11.1. The molecule has 0 aromatic heterocycles. The molecule has 2 nitrogen and oxygen atoms in total. The lowest BCUT2D eigenvalue weighted by Crippen LogP contribution is -2.16. The highest BCUT2D eigenvalue weighted by atomic mass is 16.5. The first kappa shape index (κ1) is 19.8. The van der Waals surface area contributed by atoms with Gasteiger partial charge >= 0.3 is 0 Å². The van der Waals surface area contributed by atoms with Crippen molar-refractivity contribution < 1.29 is 4.74 Å². The van der Waals surface area contributed by atoms with Crippen molar-refractivity contribution in [2.24, 2.45) is 0 Å². The molecule has 0 spiro atoms. The summed E-state index contributed by atoms with van der Waals surface area (Å²) in [5.74, 6) is 1.04. The lowest BCUT2D eigenvalue weighted by molar-refractivity contribution is 0.306. The van der Waals surface area contributed by atoms with Crippen LogP contribution >= 0.6 is 0 Å². The Morgan fingerprint density at radius 2 is 1.56 bits per heavy atom. The van der Waals surface area contributed by atoms with Gasteiger partial charge in [-0.3, -0.25) is 0 Å². The molecule has 2 rings (SSSR count). The molecule has 0 saturated carbocycles. The number of benzene rings is 2. The van der Waals surface area contributed by atoms with Crippen LogP contribution in [0.2, 0.25) is 0 Å². The van der Waals surface area contributed by atoms with E-state index in [4.69, 9.17) is 4.74 Å². The van der Waals surface area contributed by atoms with Gasteiger partial charge in [0.05, 0.1) is 6.61 Å². The quantitative estimate of drug-likeness (QED) is 0.422. The van der Waals surface area contributed by atoms with Crippen molar-refractivity contribution in [1.82, 2.24) is 5.32 Å². The number of ether oxygens (including phenoxy) is 1. The summed E-state index contributed by atoms with van der Waals surface area (Å²) in [6, 6.07) is 12.9. The van der Waals surface area contributed by atoms with E-state index in [2.05, 4.69) is 55.6 Å². The molecule has 2 aromatic carbocycles. The van der Waals surface area contributed by atoms with Gasteiger partial charge in [-0.25, -0.2) is 0 Å². The molecule has 2 aromatic rings. The predicted molar refractivity (Wildman–Crippen MR) is 109 cm³/mol. The average molecular weight is 342 g/mol. The van der Waals surface area contributed by atoms with Crippen molar-refractivity contribution in [3.8, 4) is 5.75 Å². The Balaban J connectivity index is 1.91. The molecule has 0 atom stereocenters. The van der Waals surface area contributed by atoms with Crippen LogP contribution in [0.3, 0.4) is 0 Å². The first-order chi connectivity index (χ1) is 12.4. The topological polar surface area (TPSA) is 21.3 Å². The van der Waals surface area contributed by atoms with Crippen LogP contribution in [0.1, 0.15) is 70.8 Å². The molecule has 138 valence electrons. The summed E-state index contributed by atoms with van der Waals surface area (Å²) in [5.41, 5.74) is 1.31. The monoisotopic (exact) mass is 341 g/mol. The van der Waals surface area contributed by atoms with Gasteiger partial charge in [0, 0.05) is 12.1 Å². The van der Waals surface area contributed by atoms with E-state index in [1.54, 1.807) is 0 Å². The summed E-state index contributed by atoms with van der Waals surface area (Å²) in [6.45, 7) is 7.25. The Kier molecular flexibility index (Phi) is 9.43. The number of rotatable bonds is 13. The molecule has 0 aliphatic carbocycles. The van der Waals surface area contributed by atoms with Crippen molar-refractivity contribution in [2.75, 3.05) is 13.2 Å². The van der Waals surface area contributed by atoms with E-state index in [9.17, 15) is 0 Å². The fourth-order valence-electron chi connectivity index (χ4n) is 3.20. The van der Waals surface area contributed by atoms with Crippen molar-refractivity contribution in [3.63, 3.8) is 0 Å². The van der Waals surface area contributed by atoms with Crippen LogP contribution < -0.4 is 10.1 Å². The Bertz CT molecular complexity index is 608. The first-order valence-corrected chi connectivity index (χ1v) is 10.2. The molecule has 0 fully saturated rings. The van der Waals surface area contributed by atoms with Crippen molar-refractivity contribution in [1.29, 1.82) is 0 Å². The van der Waals surface area contributed by atoms with Crippen LogP contribution in [-0.4, -0.2) is 13.2 Å². The SMILES string of the molecule is CCCCCCCCNCc1c(OCCCC)ccc2ccccc12. The van der Waals surface area contributed by atoms with Crippen molar-refractivity contribution in [2.45, 2.75) is 71.8 Å². The number of fused-ring (bicyclic) bond motifs is 1. The van der Waals surface area contributed by atoms with Gasteiger partial charge in [0.25, 0.3) is 0 Å². The molecule has 0 unspecified atom stereocenters. The highest BCUT2D eigenvalue weighted by Crippen LogP contribution is 2.28. The fourth-order valence-corrected chi connectivity index (χ4v) is 3.20.